The van der Waals surface area contributed by atoms with Gasteiger partial charge in [0.25, 0.3) is 0 Å². The molecule has 4 rings (SSSR count). The van der Waals surface area contributed by atoms with Crippen molar-refractivity contribution in [3.05, 3.63) is 102 Å². The normalized spacial score (nSPS) is 11.4. The molecular formula is C28H29N3. The first-order valence-electron chi connectivity index (χ1n) is 10.7. The van der Waals surface area contributed by atoms with Crippen LogP contribution in [0.1, 0.15) is 31.9 Å². The van der Waals surface area contributed by atoms with Crippen LogP contribution in [0.2, 0.25) is 0 Å². The fraction of sp³-hybridized carbons (Fsp3) is 0.214. The molecule has 156 valence electrons. The number of hydrogen-bond donors (Lipinski definition) is 0. The third-order valence-corrected chi connectivity index (χ3v) is 5.49. The molecule has 3 heteroatoms. The minimum absolute atomic E-state index is 0.160. The van der Waals surface area contributed by atoms with Gasteiger partial charge in [0.15, 0.2) is 0 Å². The van der Waals surface area contributed by atoms with Gasteiger partial charge in [-0.25, -0.2) is 4.98 Å². The van der Waals surface area contributed by atoms with Gasteiger partial charge in [0.05, 0.1) is 17.6 Å². The van der Waals surface area contributed by atoms with Crippen LogP contribution < -0.4 is 4.90 Å². The Hall–Kier alpha value is -3.46. The van der Waals surface area contributed by atoms with Crippen molar-refractivity contribution in [2.24, 2.45) is 0 Å². The van der Waals surface area contributed by atoms with Crippen LogP contribution in [-0.4, -0.2) is 17.0 Å². The molecule has 1 aromatic heterocycles. The number of anilines is 1. The van der Waals surface area contributed by atoms with Crippen LogP contribution in [0.25, 0.3) is 22.5 Å². The molecule has 0 fully saturated rings. The molecule has 0 aliphatic rings. The second-order valence-corrected chi connectivity index (χ2v) is 8.96. The molecule has 0 radical (unpaired) electrons. The fourth-order valence-electron chi connectivity index (χ4n) is 3.63. The largest absolute Gasteiger partial charge is 0.354 e. The van der Waals surface area contributed by atoms with E-state index < -0.39 is 0 Å². The number of aromatic nitrogens is 2. The molecule has 3 nitrogen and oxygen atoms in total. The Morgan fingerprint density at radius 3 is 1.81 bits per heavy atom. The van der Waals surface area contributed by atoms with Gasteiger partial charge in [-0.3, -0.25) is 4.98 Å². The number of hydrogen-bond acceptors (Lipinski definition) is 3. The standard InChI is InChI=1S/C28H29N3/c1-28(2,3)24-17-15-21(16-18-24)20-31(4)25-19-29-26(22-11-7-5-8-12-22)27(30-25)23-13-9-6-10-14-23/h5-19H,20H2,1-4H3. The number of rotatable bonds is 5. The second-order valence-electron chi connectivity index (χ2n) is 8.96. The van der Waals surface area contributed by atoms with Crippen LogP contribution in [0.3, 0.4) is 0 Å². The lowest BCUT2D eigenvalue weighted by atomic mass is 9.87. The van der Waals surface area contributed by atoms with Crippen molar-refractivity contribution in [2.45, 2.75) is 32.7 Å². The van der Waals surface area contributed by atoms with Crippen LogP contribution in [0.15, 0.2) is 91.1 Å². The molecule has 4 aromatic rings. The Morgan fingerprint density at radius 2 is 1.26 bits per heavy atom. The number of nitrogens with zero attached hydrogens (tertiary/aromatic N) is 3. The van der Waals surface area contributed by atoms with Crippen LogP contribution in [-0.2, 0) is 12.0 Å². The summed E-state index contributed by atoms with van der Waals surface area (Å²) in [6, 6.07) is 29.4. The molecule has 0 amide bonds. The third kappa shape index (κ3) is 4.83. The summed E-state index contributed by atoms with van der Waals surface area (Å²) >= 11 is 0. The van der Waals surface area contributed by atoms with Gasteiger partial charge in [-0.15, -0.1) is 0 Å². The zero-order valence-electron chi connectivity index (χ0n) is 18.7. The van der Waals surface area contributed by atoms with Crippen LogP contribution >= 0.6 is 0 Å². The summed E-state index contributed by atoms with van der Waals surface area (Å²) in [6.07, 6.45) is 1.87. The van der Waals surface area contributed by atoms with Gasteiger partial charge < -0.3 is 4.90 Å². The average Bonchev–Trinajstić information content (AvgIpc) is 2.79. The van der Waals surface area contributed by atoms with Crippen LogP contribution in [0, 0.1) is 0 Å². The Labute approximate surface area is 185 Å². The van der Waals surface area contributed by atoms with Crippen molar-refractivity contribution in [2.75, 3.05) is 11.9 Å². The van der Waals surface area contributed by atoms with E-state index in [2.05, 4.69) is 81.2 Å². The first-order chi connectivity index (χ1) is 14.9. The summed E-state index contributed by atoms with van der Waals surface area (Å²) in [5.74, 6) is 0.860. The monoisotopic (exact) mass is 407 g/mol. The summed E-state index contributed by atoms with van der Waals surface area (Å²) < 4.78 is 0. The summed E-state index contributed by atoms with van der Waals surface area (Å²) in [7, 11) is 2.07. The van der Waals surface area contributed by atoms with E-state index in [0.29, 0.717) is 0 Å². The minimum Gasteiger partial charge on any atom is -0.354 e. The zero-order valence-corrected chi connectivity index (χ0v) is 18.7. The summed E-state index contributed by atoms with van der Waals surface area (Å²) in [6.45, 7) is 7.49. The molecule has 31 heavy (non-hydrogen) atoms. The Morgan fingerprint density at radius 1 is 0.710 bits per heavy atom. The molecule has 1 heterocycles. The molecule has 0 aliphatic heterocycles. The Bertz CT molecular complexity index is 1130. The van der Waals surface area contributed by atoms with Crippen molar-refractivity contribution in [1.82, 2.24) is 9.97 Å². The maximum absolute atomic E-state index is 5.04. The topological polar surface area (TPSA) is 29.0 Å². The fourth-order valence-corrected chi connectivity index (χ4v) is 3.63. The lowest BCUT2D eigenvalue weighted by Gasteiger charge is -2.22. The van der Waals surface area contributed by atoms with Crippen LogP contribution in [0.5, 0.6) is 0 Å². The molecule has 0 saturated carbocycles. The molecule has 3 aromatic carbocycles. The zero-order chi connectivity index (χ0) is 21.8. The maximum Gasteiger partial charge on any atom is 0.147 e. The Balaban J connectivity index is 1.66. The van der Waals surface area contributed by atoms with Gasteiger partial charge in [-0.1, -0.05) is 106 Å². The van der Waals surface area contributed by atoms with Crippen molar-refractivity contribution in [1.29, 1.82) is 0 Å². The average molecular weight is 408 g/mol. The lowest BCUT2D eigenvalue weighted by molar-refractivity contribution is 0.590. The highest BCUT2D eigenvalue weighted by molar-refractivity contribution is 5.78. The molecule has 0 unspecified atom stereocenters. The van der Waals surface area contributed by atoms with Gasteiger partial charge in [-0.2, -0.15) is 0 Å². The lowest BCUT2D eigenvalue weighted by Crippen LogP contribution is -2.19. The predicted octanol–water partition coefficient (Wildman–Crippen LogP) is 6.74. The van der Waals surface area contributed by atoms with E-state index in [-0.39, 0.29) is 5.41 Å². The van der Waals surface area contributed by atoms with E-state index in [1.807, 2.05) is 42.6 Å². The van der Waals surface area contributed by atoms with Gasteiger partial charge in [-0.05, 0) is 16.5 Å². The quantitative estimate of drug-likeness (QED) is 0.367. The van der Waals surface area contributed by atoms with Crippen molar-refractivity contribution in [3.8, 4) is 22.5 Å². The van der Waals surface area contributed by atoms with Gasteiger partial charge in [0.1, 0.15) is 5.82 Å². The predicted molar refractivity (Wildman–Crippen MR) is 130 cm³/mol. The summed E-state index contributed by atoms with van der Waals surface area (Å²) in [5.41, 5.74) is 6.70. The number of benzene rings is 3. The van der Waals surface area contributed by atoms with Crippen molar-refractivity contribution in [3.63, 3.8) is 0 Å². The highest BCUT2D eigenvalue weighted by atomic mass is 15.2. The molecular weight excluding hydrogens is 378 g/mol. The van der Waals surface area contributed by atoms with E-state index in [4.69, 9.17) is 9.97 Å². The van der Waals surface area contributed by atoms with Gasteiger partial charge >= 0.3 is 0 Å². The summed E-state index contributed by atoms with van der Waals surface area (Å²) in [5, 5.41) is 0. The molecule has 0 spiro atoms. The van der Waals surface area contributed by atoms with Crippen LogP contribution in [0.4, 0.5) is 5.82 Å². The van der Waals surface area contributed by atoms with E-state index in [1.54, 1.807) is 0 Å². The first-order valence-corrected chi connectivity index (χ1v) is 10.7. The van der Waals surface area contributed by atoms with E-state index in [0.717, 1.165) is 34.9 Å². The van der Waals surface area contributed by atoms with Gasteiger partial charge in [0.2, 0.25) is 0 Å². The van der Waals surface area contributed by atoms with E-state index in [1.165, 1.54) is 11.1 Å². The maximum atomic E-state index is 5.04. The van der Waals surface area contributed by atoms with Gasteiger partial charge in [0, 0.05) is 24.7 Å². The highest BCUT2D eigenvalue weighted by Crippen LogP contribution is 2.30. The smallest absolute Gasteiger partial charge is 0.147 e. The molecule has 0 saturated heterocycles. The second kappa shape index (κ2) is 8.73. The SMILES string of the molecule is CN(Cc1ccc(C(C)(C)C)cc1)c1cnc(-c2ccccc2)c(-c2ccccc2)n1. The van der Waals surface area contributed by atoms with Crippen molar-refractivity contribution >= 4 is 5.82 Å². The Kier molecular flexibility index (Phi) is 5.85. The molecule has 0 aliphatic carbocycles. The van der Waals surface area contributed by atoms with Crippen molar-refractivity contribution < 1.29 is 0 Å². The van der Waals surface area contributed by atoms with E-state index >= 15 is 0 Å². The molecule has 0 atom stereocenters. The third-order valence-electron chi connectivity index (χ3n) is 5.49. The van der Waals surface area contributed by atoms with E-state index in [9.17, 15) is 0 Å². The first kappa shape index (κ1) is 20.8. The highest BCUT2D eigenvalue weighted by Gasteiger charge is 2.15. The molecule has 0 N–H and O–H groups in total. The molecule has 0 bridgehead atoms. The summed E-state index contributed by atoms with van der Waals surface area (Å²) in [4.78, 5) is 12.0. The minimum atomic E-state index is 0.160.